The molecule has 1 amide bonds. The Morgan fingerprint density at radius 2 is 1.81 bits per heavy atom. The number of rotatable bonds is 4. The first-order valence-corrected chi connectivity index (χ1v) is 8.62. The van der Waals surface area contributed by atoms with Crippen molar-refractivity contribution in [3.05, 3.63) is 40.9 Å². The highest BCUT2D eigenvalue weighted by Gasteiger charge is 2.12. The first-order valence-electron chi connectivity index (χ1n) is 5.85. The number of benzene rings is 1. The molecule has 0 aliphatic heterocycles. The first-order chi connectivity index (χ1) is 9.77. The van der Waals surface area contributed by atoms with Gasteiger partial charge >= 0.3 is 0 Å². The van der Waals surface area contributed by atoms with Gasteiger partial charge in [0.15, 0.2) is 20.8 Å². The number of nitrogens with zero attached hydrogens (tertiary/aromatic N) is 1. The molecule has 0 saturated carbocycles. The van der Waals surface area contributed by atoms with Gasteiger partial charge in [-0.25, -0.2) is 13.4 Å². The fourth-order valence-corrected chi connectivity index (χ4v) is 2.89. The van der Waals surface area contributed by atoms with Crippen LogP contribution in [0.25, 0.3) is 0 Å². The van der Waals surface area contributed by atoms with Crippen LogP contribution in [0.4, 0.5) is 5.13 Å². The maximum Gasteiger partial charge on any atom is 0.257 e. The van der Waals surface area contributed by atoms with Gasteiger partial charge in [-0.2, -0.15) is 0 Å². The van der Waals surface area contributed by atoms with Gasteiger partial charge in [0.05, 0.1) is 4.90 Å². The largest absolute Gasteiger partial charge is 0.298 e. The van der Waals surface area contributed by atoms with E-state index in [9.17, 15) is 18.0 Å². The molecule has 0 spiro atoms. The minimum atomic E-state index is -3.29. The molecule has 1 aromatic carbocycles. The average molecular weight is 324 g/mol. The maximum atomic E-state index is 12.0. The van der Waals surface area contributed by atoms with Gasteiger partial charge in [-0.05, 0) is 24.3 Å². The predicted molar refractivity (Wildman–Crippen MR) is 79.6 cm³/mol. The van der Waals surface area contributed by atoms with Gasteiger partial charge in [0.2, 0.25) is 0 Å². The Morgan fingerprint density at radius 1 is 1.19 bits per heavy atom. The molecule has 0 saturated heterocycles. The van der Waals surface area contributed by atoms with Crippen LogP contribution in [-0.4, -0.2) is 31.3 Å². The summed E-state index contributed by atoms with van der Waals surface area (Å²) in [5.74, 6) is -0.594. The summed E-state index contributed by atoms with van der Waals surface area (Å²) >= 11 is 1.15. The third kappa shape index (κ3) is 3.73. The number of thiazole rings is 1. The summed E-state index contributed by atoms with van der Waals surface area (Å²) in [6.45, 7) is 1.39. The molecule has 1 heterocycles. The summed E-state index contributed by atoms with van der Waals surface area (Å²) in [4.78, 5) is 27.2. The van der Waals surface area contributed by atoms with E-state index < -0.39 is 15.7 Å². The number of hydrogen-bond donors (Lipinski definition) is 1. The lowest BCUT2D eigenvalue weighted by atomic mass is 10.2. The van der Waals surface area contributed by atoms with E-state index in [1.54, 1.807) is 5.38 Å². The lowest BCUT2D eigenvalue weighted by Crippen LogP contribution is -2.12. The third-order valence-corrected chi connectivity index (χ3v) is 4.52. The fraction of sp³-hybridized carbons (Fsp3) is 0.154. The molecule has 2 aromatic rings. The second-order valence-corrected chi connectivity index (χ2v) is 7.22. The Kier molecular flexibility index (Phi) is 4.19. The van der Waals surface area contributed by atoms with Crippen LogP contribution in [0.3, 0.4) is 0 Å². The van der Waals surface area contributed by atoms with Gasteiger partial charge in [0.25, 0.3) is 5.91 Å². The van der Waals surface area contributed by atoms with Crippen molar-refractivity contribution >= 4 is 38.0 Å². The van der Waals surface area contributed by atoms with Gasteiger partial charge in [0, 0.05) is 24.1 Å². The molecular weight excluding hydrogens is 312 g/mol. The van der Waals surface area contributed by atoms with Crippen LogP contribution in [0.2, 0.25) is 0 Å². The molecule has 0 aliphatic carbocycles. The topological polar surface area (TPSA) is 93.2 Å². The number of Topliss-reactive ketones (excluding diaryl/α,β-unsaturated/α-hetero) is 1. The SMILES string of the molecule is CC(=O)c1csc(NC(=O)c2ccc(S(C)(=O)=O)cc2)n1. The summed E-state index contributed by atoms with van der Waals surface area (Å²) in [6.07, 6.45) is 1.10. The molecule has 0 bridgehead atoms. The number of aromatic nitrogens is 1. The number of sulfone groups is 1. The van der Waals surface area contributed by atoms with Crippen LogP contribution in [-0.2, 0) is 9.84 Å². The number of hydrogen-bond acceptors (Lipinski definition) is 6. The second kappa shape index (κ2) is 5.74. The van der Waals surface area contributed by atoms with Crippen molar-refractivity contribution in [1.82, 2.24) is 4.98 Å². The van der Waals surface area contributed by atoms with Gasteiger partial charge < -0.3 is 0 Å². The van der Waals surface area contributed by atoms with Crippen molar-refractivity contribution < 1.29 is 18.0 Å². The molecule has 0 radical (unpaired) electrons. The average Bonchev–Trinajstić information content (AvgIpc) is 2.86. The highest BCUT2D eigenvalue weighted by atomic mass is 32.2. The van der Waals surface area contributed by atoms with E-state index in [-0.39, 0.29) is 10.7 Å². The Morgan fingerprint density at radius 3 is 2.29 bits per heavy atom. The number of amides is 1. The van der Waals surface area contributed by atoms with E-state index >= 15 is 0 Å². The summed E-state index contributed by atoms with van der Waals surface area (Å²) < 4.78 is 22.7. The van der Waals surface area contributed by atoms with E-state index in [1.165, 1.54) is 31.2 Å². The van der Waals surface area contributed by atoms with Gasteiger partial charge in [-0.3, -0.25) is 14.9 Å². The van der Waals surface area contributed by atoms with Crippen molar-refractivity contribution in [2.24, 2.45) is 0 Å². The van der Waals surface area contributed by atoms with E-state index in [0.29, 0.717) is 16.4 Å². The standard InChI is InChI=1S/C13H12N2O4S2/c1-8(16)11-7-20-13(14-11)15-12(17)9-3-5-10(6-4-9)21(2,18)19/h3-7H,1-2H3,(H,14,15,17). The van der Waals surface area contributed by atoms with Crippen LogP contribution in [0.15, 0.2) is 34.5 Å². The molecule has 110 valence electrons. The van der Waals surface area contributed by atoms with Crippen molar-refractivity contribution in [2.45, 2.75) is 11.8 Å². The normalized spacial score (nSPS) is 11.1. The lowest BCUT2D eigenvalue weighted by Gasteiger charge is -2.03. The first kappa shape index (κ1) is 15.3. The van der Waals surface area contributed by atoms with Crippen LogP contribution in [0.1, 0.15) is 27.8 Å². The monoisotopic (exact) mass is 324 g/mol. The second-order valence-electron chi connectivity index (χ2n) is 4.34. The molecule has 2 rings (SSSR count). The fourth-order valence-electron chi connectivity index (χ4n) is 1.52. The molecule has 1 N–H and O–H groups in total. The van der Waals surface area contributed by atoms with Crippen LogP contribution < -0.4 is 5.32 Å². The molecular formula is C13H12N2O4S2. The molecule has 0 unspecified atom stereocenters. The Bertz CT molecular complexity index is 792. The summed E-state index contributed by atoms with van der Waals surface area (Å²) in [5, 5.41) is 4.44. The maximum absolute atomic E-state index is 12.0. The van der Waals surface area contributed by atoms with E-state index in [4.69, 9.17) is 0 Å². The van der Waals surface area contributed by atoms with Gasteiger partial charge in [-0.1, -0.05) is 0 Å². The number of anilines is 1. The van der Waals surface area contributed by atoms with Crippen LogP contribution in [0, 0.1) is 0 Å². The third-order valence-electron chi connectivity index (χ3n) is 2.63. The summed E-state index contributed by atoms with van der Waals surface area (Å²) in [5.41, 5.74) is 0.602. The zero-order valence-electron chi connectivity index (χ0n) is 11.3. The van der Waals surface area contributed by atoms with Crippen molar-refractivity contribution in [1.29, 1.82) is 0 Å². The zero-order valence-corrected chi connectivity index (χ0v) is 12.9. The summed E-state index contributed by atoms with van der Waals surface area (Å²) in [7, 11) is -3.29. The lowest BCUT2D eigenvalue weighted by molar-refractivity contribution is 0.100. The van der Waals surface area contributed by atoms with Gasteiger partial charge in [-0.15, -0.1) is 11.3 Å². The zero-order chi connectivity index (χ0) is 15.6. The Hall–Kier alpha value is -2.06. The van der Waals surface area contributed by atoms with E-state index in [2.05, 4.69) is 10.3 Å². The molecule has 8 heteroatoms. The molecule has 6 nitrogen and oxygen atoms in total. The number of ketones is 1. The smallest absolute Gasteiger partial charge is 0.257 e. The molecule has 0 aliphatic rings. The number of nitrogens with one attached hydrogen (secondary N) is 1. The van der Waals surface area contributed by atoms with Crippen molar-refractivity contribution in [3.63, 3.8) is 0 Å². The van der Waals surface area contributed by atoms with Crippen LogP contribution in [0.5, 0.6) is 0 Å². The molecule has 1 aromatic heterocycles. The predicted octanol–water partition coefficient (Wildman–Crippen LogP) is 2.00. The molecule has 0 atom stereocenters. The van der Waals surface area contributed by atoms with Crippen molar-refractivity contribution in [2.75, 3.05) is 11.6 Å². The minimum absolute atomic E-state index is 0.146. The number of carbonyl (C=O) groups excluding carboxylic acids is 2. The highest BCUT2D eigenvalue weighted by molar-refractivity contribution is 7.90. The highest BCUT2D eigenvalue weighted by Crippen LogP contribution is 2.17. The van der Waals surface area contributed by atoms with Gasteiger partial charge in [0.1, 0.15) is 5.69 Å². The summed E-state index contributed by atoms with van der Waals surface area (Å²) in [6, 6.07) is 5.58. The van der Waals surface area contributed by atoms with Crippen LogP contribution >= 0.6 is 11.3 Å². The Labute approximate surface area is 125 Å². The number of carbonyl (C=O) groups is 2. The van der Waals surface area contributed by atoms with Crippen molar-refractivity contribution in [3.8, 4) is 0 Å². The quantitative estimate of drug-likeness (QED) is 0.868. The molecule has 21 heavy (non-hydrogen) atoms. The molecule has 0 fully saturated rings. The minimum Gasteiger partial charge on any atom is -0.298 e. The Balaban J connectivity index is 2.14. The van der Waals surface area contributed by atoms with E-state index in [0.717, 1.165) is 17.6 Å². The van der Waals surface area contributed by atoms with E-state index in [1.807, 2.05) is 0 Å².